The van der Waals surface area contributed by atoms with E-state index in [1.165, 1.54) is 10.8 Å². The summed E-state index contributed by atoms with van der Waals surface area (Å²) >= 11 is 0. The predicted molar refractivity (Wildman–Crippen MR) is 106 cm³/mol. The van der Waals surface area contributed by atoms with Gasteiger partial charge in [0.25, 0.3) is 0 Å². The van der Waals surface area contributed by atoms with Gasteiger partial charge >= 0.3 is 0 Å². The quantitative estimate of drug-likeness (QED) is 0.401. The molecule has 0 saturated heterocycles. The molecular formula is C22H18N4. The minimum Gasteiger partial charge on any atom is -0.262 e. The first-order chi connectivity index (χ1) is 12.9. The summed E-state index contributed by atoms with van der Waals surface area (Å²) in [6, 6.07) is 24.2. The third kappa shape index (κ3) is 5.18. The zero-order valence-electron chi connectivity index (χ0n) is 14.2. The first-order valence-corrected chi connectivity index (χ1v) is 8.23. The molecule has 0 aliphatic carbocycles. The van der Waals surface area contributed by atoms with Crippen LogP contribution in [0.1, 0.15) is 0 Å². The molecule has 3 aromatic heterocycles. The van der Waals surface area contributed by atoms with Gasteiger partial charge in [0.2, 0.25) is 0 Å². The lowest BCUT2D eigenvalue weighted by Crippen LogP contribution is -1.73. The Labute approximate surface area is 152 Å². The van der Waals surface area contributed by atoms with E-state index in [2.05, 4.69) is 44.2 Å². The molecule has 0 amide bonds. The number of aromatic nitrogens is 4. The Balaban J connectivity index is 0.000000117. The zero-order chi connectivity index (χ0) is 17.9. The van der Waals surface area contributed by atoms with E-state index in [0.29, 0.717) is 0 Å². The van der Waals surface area contributed by atoms with Crippen LogP contribution in [0.25, 0.3) is 21.8 Å². The van der Waals surface area contributed by atoms with Gasteiger partial charge in [-0.25, -0.2) is 0 Å². The van der Waals surface area contributed by atoms with Crippen molar-refractivity contribution in [1.82, 2.24) is 19.9 Å². The monoisotopic (exact) mass is 338 g/mol. The Hall–Kier alpha value is -3.66. The fourth-order valence-electron chi connectivity index (χ4n) is 2.29. The number of hydrogen-bond acceptors (Lipinski definition) is 4. The standard InChI is InChI=1S/2C9H7N.C4H4N2/c2*1-2-6-9-8(4-1)5-3-7-10-9;1-2-6-4-3-5-1/h2*1-7H;1-4H. The van der Waals surface area contributed by atoms with Gasteiger partial charge in [-0.2, -0.15) is 0 Å². The second-order valence-corrected chi connectivity index (χ2v) is 5.29. The molecule has 0 unspecified atom stereocenters. The molecule has 0 saturated carbocycles. The highest BCUT2D eigenvalue weighted by atomic mass is 14.7. The van der Waals surface area contributed by atoms with Crippen molar-refractivity contribution in [2.45, 2.75) is 0 Å². The van der Waals surface area contributed by atoms with Gasteiger partial charge in [0.1, 0.15) is 0 Å². The van der Waals surface area contributed by atoms with Crippen molar-refractivity contribution in [3.8, 4) is 0 Å². The molecule has 5 aromatic rings. The van der Waals surface area contributed by atoms with Gasteiger partial charge in [-0.15, -0.1) is 0 Å². The topological polar surface area (TPSA) is 51.6 Å². The molecule has 4 heteroatoms. The fraction of sp³-hybridized carbons (Fsp3) is 0. The average molecular weight is 338 g/mol. The lowest BCUT2D eigenvalue weighted by molar-refractivity contribution is 1.20. The lowest BCUT2D eigenvalue weighted by atomic mass is 10.2. The normalized spacial score (nSPS) is 9.54. The Kier molecular flexibility index (Phi) is 6.33. The van der Waals surface area contributed by atoms with Crippen LogP contribution in [-0.2, 0) is 0 Å². The van der Waals surface area contributed by atoms with E-state index < -0.39 is 0 Å². The van der Waals surface area contributed by atoms with Gasteiger partial charge in [-0.05, 0) is 24.3 Å². The molecular weight excluding hydrogens is 320 g/mol. The Morgan fingerprint density at radius 2 is 0.769 bits per heavy atom. The SMILES string of the molecule is c1ccc2ncccc2c1.c1ccc2ncccc2c1.c1cnccn1. The summed E-state index contributed by atoms with van der Waals surface area (Å²) < 4.78 is 0. The minimum absolute atomic E-state index is 1.06. The fourth-order valence-corrected chi connectivity index (χ4v) is 2.29. The lowest BCUT2D eigenvalue weighted by Gasteiger charge is -1.91. The summed E-state index contributed by atoms with van der Waals surface area (Å²) in [5.74, 6) is 0. The van der Waals surface area contributed by atoms with Gasteiger partial charge in [0.15, 0.2) is 0 Å². The van der Waals surface area contributed by atoms with Crippen LogP contribution in [0.2, 0.25) is 0 Å². The van der Waals surface area contributed by atoms with Crippen LogP contribution < -0.4 is 0 Å². The molecule has 0 aliphatic heterocycles. The molecule has 3 heterocycles. The molecule has 5 rings (SSSR count). The average Bonchev–Trinajstić information content (AvgIpc) is 2.76. The summed E-state index contributed by atoms with van der Waals surface area (Å²) in [5, 5.41) is 2.40. The molecule has 2 aromatic carbocycles. The number of benzene rings is 2. The summed E-state index contributed by atoms with van der Waals surface area (Å²) in [7, 11) is 0. The maximum Gasteiger partial charge on any atom is 0.0701 e. The number of rotatable bonds is 0. The van der Waals surface area contributed by atoms with E-state index >= 15 is 0 Å². The smallest absolute Gasteiger partial charge is 0.0701 e. The number of hydrogen-bond donors (Lipinski definition) is 0. The maximum atomic E-state index is 4.18. The summed E-state index contributed by atoms with van der Waals surface area (Å²) in [4.78, 5) is 15.8. The zero-order valence-corrected chi connectivity index (χ0v) is 14.2. The number of fused-ring (bicyclic) bond motifs is 2. The van der Waals surface area contributed by atoms with Crippen molar-refractivity contribution in [3.63, 3.8) is 0 Å². The van der Waals surface area contributed by atoms with Crippen molar-refractivity contribution in [1.29, 1.82) is 0 Å². The summed E-state index contributed by atoms with van der Waals surface area (Å²) in [5.41, 5.74) is 2.12. The highest BCUT2D eigenvalue weighted by molar-refractivity contribution is 5.78. The van der Waals surface area contributed by atoms with Gasteiger partial charge in [0.05, 0.1) is 11.0 Å². The molecule has 0 aliphatic rings. The van der Waals surface area contributed by atoms with Crippen LogP contribution in [0.4, 0.5) is 0 Å². The van der Waals surface area contributed by atoms with E-state index in [9.17, 15) is 0 Å². The Morgan fingerprint density at radius 3 is 1.15 bits per heavy atom. The minimum atomic E-state index is 1.06. The van der Waals surface area contributed by atoms with E-state index in [1.807, 2.05) is 60.9 Å². The highest BCUT2D eigenvalue weighted by Crippen LogP contribution is 2.08. The molecule has 4 nitrogen and oxygen atoms in total. The van der Waals surface area contributed by atoms with E-state index in [0.717, 1.165) is 11.0 Å². The number of para-hydroxylation sites is 2. The number of nitrogens with zero attached hydrogens (tertiary/aromatic N) is 4. The van der Waals surface area contributed by atoms with Gasteiger partial charge in [0, 0.05) is 48.0 Å². The van der Waals surface area contributed by atoms with Crippen molar-refractivity contribution in [2.75, 3.05) is 0 Å². The highest BCUT2D eigenvalue weighted by Gasteiger charge is 1.87. The summed E-state index contributed by atoms with van der Waals surface area (Å²) in [6.07, 6.45) is 10.2. The Morgan fingerprint density at radius 1 is 0.385 bits per heavy atom. The maximum absolute atomic E-state index is 4.18. The predicted octanol–water partition coefficient (Wildman–Crippen LogP) is 4.95. The van der Waals surface area contributed by atoms with Gasteiger partial charge in [-0.1, -0.05) is 48.5 Å². The molecule has 0 spiro atoms. The van der Waals surface area contributed by atoms with Crippen molar-refractivity contribution < 1.29 is 0 Å². The van der Waals surface area contributed by atoms with Crippen LogP contribution in [0.3, 0.4) is 0 Å². The Bertz CT molecular complexity index is 820. The van der Waals surface area contributed by atoms with Crippen LogP contribution in [0, 0.1) is 0 Å². The van der Waals surface area contributed by atoms with Crippen LogP contribution in [0.5, 0.6) is 0 Å². The second-order valence-electron chi connectivity index (χ2n) is 5.29. The molecule has 0 atom stereocenters. The molecule has 0 radical (unpaired) electrons. The van der Waals surface area contributed by atoms with Crippen LogP contribution in [0.15, 0.2) is 110 Å². The van der Waals surface area contributed by atoms with Crippen LogP contribution >= 0.6 is 0 Å². The number of pyridine rings is 2. The third-order valence-electron chi connectivity index (χ3n) is 3.50. The van der Waals surface area contributed by atoms with Gasteiger partial charge < -0.3 is 0 Å². The van der Waals surface area contributed by atoms with Crippen molar-refractivity contribution in [3.05, 3.63) is 110 Å². The van der Waals surface area contributed by atoms with Crippen molar-refractivity contribution in [2.24, 2.45) is 0 Å². The molecule has 126 valence electrons. The molecule has 0 bridgehead atoms. The second kappa shape index (κ2) is 9.59. The van der Waals surface area contributed by atoms with Crippen molar-refractivity contribution >= 4 is 21.8 Å². The first-order valence-electron chi connectivity index (χ1n) is 8.23. The third-order valence-corrected chi connectivity index (χ3v) is 3.50. The summed E-state index contributed by atoms with van der Waals surface area (Å²) in [6.45, 7) is 0. The van der Waals surface area contributed by atoms with E-state index in [-0.39, 0.29) is 0 Å². The van der Waals surface area contributed by atoms with E-state index in [1.54, 1.807) is 24.8 Å². The van der Waals surface area contributed by atoms with Crippen LogP contribution in [-0.4, -0.2) is 19.9 Å². The first kappa shape index (κ1) is 17.2. The molecule has 26 heavy (non-hydrogen) atoms. The van der Waals surface area contributed by atoms with E-state index in [4.69, 9.17) is 0 Å². The van der Waals surface area contributed by atoms with Gasteiger partial charge in [-0.3, -0.25) is 19.9 Å². The molecule has 0 N–H and O–H groups in total. The molecule has 0 fully saturated rings. The largest absolute Gasteiger partial charge is 0.262 e.